The average Bonchev–Trinajstić information content (AvgIpc) is 3.08. The zero-order valence-corrected chi connectivity index (χ0v) is 16.6. The lowest BCUT2D eigenvalue weighted by atomic mass is 10.1. The van der Waals surface area contributed by atoms with Crippen molar-refractivity contribution < 1.29 is 14.3 Å². The van der Waals surface area contributed by atoms with Crippen LogP contribution in [0, 0.1) is 0 Å². The molecule has 7 nitrogen and oxygen atoms in total. The number of methoxy groups -OCH3 is 1. The maximum atomic E-state index is 12.7. The Bertz CT molecular complexity index is 1050. The van der Waals surface area contributed by atoms with Gasteiger partial charge in [-0.2, -0.15) is 0 Å². The van der Waals surface area contributed by atoms with Crippen molar-refractivity contribution in [1.29, 1.82) is 0 Å². The van der Waals surface area contributed by atoms with E-state index in [9.17, 15) is 4.79 Å². The van der Waals surface area contributed by atoms with E-state index in [4.69, 9.17) is 15.2 Å². The van der Waals surface area contributed by atoms with Gasteiger partial charge in [0.15, 0.2) is 5.96 Å². The highest BCUT2D eigenvalue weighted by molar-refractivity contribution is 6.12. The number of benzene rings is 2. The van der Waals surface area contributed by atoms with Gasteiger partial charge in [0.05, 0.1) is 18.7 Å². The number of ether oxygens (including phenoxy) is 2. The third-order valence-corrected chi connectivity index (χ3v) is 5.35. The van der Waals surface area contributed by atoms with Gasteiger partial charge >= 0.3 is 0 Å². The minimum absolute atomic E-state index is 0.0946. The van der Waals surface area contributed by atoms with E-state index in [2.05, 4.69) is 33.1 Å². The van der Waals surface area contributed by atoms with Crippen molar-refractivity contribution in [2.75, 3.05) is 33.5 Å². The van der Waals surface area contributed by atoms with Crippen molar-refractivity contribution in [2.24, 2.45) is 10.7 Å². The number of nitrogens with zero attached hydrogens (tertiary/aromatic N) is 2. The van der Waals surface area contributed by atoms with Crippen LogP contribution in [0.25, 0.3) is 21.8 Å². The molecule has 3 aromatic rings. The van der Waals surface area contributed by atoms with Gasteiger partial charge < -0.3 is 19.8 Å². The lowest BCUT2D eigenvalue weighted by Crippen LogP contribution is -2.37. The number of para-hydroxylation sites is 1. The van der Waals surface area contributed by atoms with Gasteiger partial charge in [-0.15, -0.1) is 0 Å². The average molecular weight is 394 g/mol. The van der Waals surface area contributed by atoms with Crippen molar-refractivity contribution in [3.8, 4) is 0 Å². The topological polar surface area (TPSA) is 90.9 Å². The molecule has 2 heterocycles. The number of rotatable bonds is 5. The Morgan fingerprint density at radius 2 is 1.97 bits per heavy atom. The second kappa shape index (κ2) is 8.63. The van der Waals surface area contributed by atoms with Crippen LogP contribution in [0.3, 0.4) is 0 Å². The summed E-state index contributed by atoms with van der Waals surface area (Å²) >= 11 is 0. The fourth-order valence-corrected chi connectivity index (χ4v) is 3.96. The minimum atomic E-state index is -0.269. The van der Waals surface area contributed by atoms with Crippen LogP contribution < -0.4 is 11.1 Å². The number of fused-ring (bicyclic) bond motifs is 3. The molecule has 1 aliphatic rings. The number of nitrogens with two attached hydrogens (primary N) is 1. The fourth-order valence-electron chi connectivity index (χ4n) is 3.96. The van der Waals surface area contributed by atoms with Crippen LogP contribution in [0.15, 0.2) is 47.5 Å². The molecule has 0 bridgehead atoms. The predicted molar refractivity (Wildman–Crippen MR) is 114 cm³/mol. The molecule has 152 valence electrons. The van der Waals surface area contributed by atoms with Gasteiger partial charge in [-0.1, -0.05) is 24.3 Å². The Morgan fingerprint density at radius 3 is 2.76 bits per heavy atom. The number of aliphatic imine (C=N–C) groups is 1. The standard InChI is InChI=1S/C22H26N4O3/c1-28-13-10-24-22(23)25-21(27)15-6-7-18-17-4-2-3-5-19(17)26(20(18)14-15)16-8-11-29-12-9-16/h2-7,14,16H,8-13H2,1H3,(H3,23,24,25,27). The normalized spacial score (nSPS) is 15.8. The summed E-state index contributed by atoms with van der Waals surface area (Å²) in [5, 5.41) is 5.00. The molecule has 0 spiro atoms. The van der Waals surface area contributed by atoms with E-state index in [1.165, 1.54) is 10.9 Å². The van der Waals surface area contributed by atoms with Gasteiger partial charge in [-0.25, -0.2) is 0 Å². The third kappa shape index (κ3) is 3.97. The molecule has 1 aliphatic heterocycles. The molecule has 0 aliphatic carbocycles. The van der Waals surface area contributed by atoms with Gasteiger partial charge in [-0.05, 0) is 31.0 Å². The highest BCUT2D eigenvalue weighted by Crippen LogP contribution is 2.35. The number of hydrogen-bond acceptors (Lipinski definition) is 4. The molecule has 0 radical (unpaired) electrons. The highest BCUT2D eigenvalue weighted by atomic mass is 16.5. The Labute approximate surface area is 169 Å². The summed E-state index contributed by atoms with van der Waals surface area (Å²) in [5.74, 6) is -0.175. The largest absolute Gasteiger partial charge is 0.383 e. The van der Waals surface area contributed by atoms with Gasteiger partial charge in [0.25, 0.3) is 5.91 Å². The lowest BCUT2D eigenvalue weighted by molar-refractivity contribution is 0.0717. The molecule has 4 rings (SSSR count). The van der Waals surface area contributed by atoms with Gasteiger partial charge in [0.2, 0.25) is 0 Å². The maximum Gasteiger partial charge on any atom is 0.258 e. The fraction of sp³-hybridized carbons (Fsp3) is 0.364. The number of carbonyl (C=O) groups is 1. The summed E-state index contributed by atoms with van der Waals surface area (Å²) in [6.45, 7) is 2.37. The van der Waals surface area contributed by atoms with Crippen LogP contribution in [-0.2, 0) is 9.47 Å². The monoisotopic (exact) mass is 394 g/mol. The first-order chi connectivity index (χ1) is 14.2. The van der Waals surface area contributed by atoms with Crippen molar-refractivity contribution in [2.45, 2.75) is 18.9 Å². The van der Waals surface area contributed by atoms with Crippen LogP contribution in [0.1, 0.15) is 29.2 Å². The number of nitrogens with one attached hydrogen (secondary N) is 1. The first kappa shape index (κ1) is 19.4. The van der Waals surface area contributed by atoms with E-state index in [0.29, 0.717) is 24.8 Å². The maximum absolute atomic E-state index is 12.7. The highest BCUT2D eigenvalue weighted by Gasteiger charge is 2.21. The van der Waals surface area contributed by atoms with E-state index < -0.39 is 0 Å². The summed E-state index contributed by atoms with van der Waals surface area (Å²) in [5.41, 5.74) is 8.61. The first-order valence-electron chi connectivity index (χ1n) is 9.89. The Kier molecular flexibility index (Phi) is 5.78. The summed E-state index contributed by atoms with van der Waals surface area (Å²) in [4.78, 5) is 16.8. The smallest absolute Gasteiger partial charge is 0.258 e. The number of aromatic nitrogens is 1. The molecule has 1 fully saturated rings. The number of hydrogen-bond donors (Lipinski definition) is 2. The molecule has 29 heavy (non-hydrogen) atoms. The van der Waals surface area contributed by atoms with Gasteiger partial charge in [-0.3, -0.25) is 15.1 Å². The Balaban J connectivity index is 1.72. The predicted octanol–water partition coefficient (Wildman–Crippen LogP) is 2.84. The SMILES string of the molecule is COCCN=C(N)NC(=O)c1ccc2c3ccccc3n(C3CCOCC3)c2c1. The molecule has 0 atom stereocenters. The van der Waals surface area contributed by atoms with E-state index in [-0.39, 0.29) is 11.9 Å². The molecule has 0 saturated carbocycles. The molecule has 3 N–H and O–H groups in total. The quantitative estimate of drug-likeness (QED) is 0.395. The van der Waals surface area contributed by atoms with Crippen LogP contribution >= 0.6 is 0 Å². The second-order valence-electron chi connectivity index (χ2n) is 7.18. The molecule has 0 unspecified atom stereocenters. The summed E-state index contributed by atoms with van der Waals surface area (Å²) < 4.78 is 12.9. The van der Waals surface area contributed by atoms with E-state index in [1.54, 1.807) is 7.11 Å². The molecule has 1 saturated heterocycles. The summed E-state index contributed by atoms with van der Waals surface area (Å²) in [6.07, 6.45) is 1.92. The third-order valence-electron chi connectivity index (χ3n) is 5.35. The zero-order valence-electron chi connectivity index (χ0n) is 16.6. The van der Waals surface area contributed by atoms with Gasteiger partial charge in [0.1, 0.15) is 0 Å². The molecule has 1 amide bonds. The van der Waals surface area contributed by atoms with Crippen LogP contribution in [0.5, 0.6) is 0 Å². The molecular weight excluding hydrogens is 368 g/mol. The molecular formula is C22H26N4O3. The van der Waals surface area contributed by atoms with E-state index in [0.717, 1.165) is 37.0 Å². The van der Waals surface area contributed by atoms with Crippen LogP contribution in [0.2, 0.25) is 0 Å². The van der Waals surface area contributed by atoms with Crippen LogP contribution in [-0.4, -0.2) is 49.9 Å². The first-order valence-corrected chi connectivity index (χ1v) is 9.89. The molecule has 7 heteroatoms. The molecule has 2 aromatic carbocycles. The number of carbonyl (C=O) groups excluding carboxylic acids is 1. The summed E-state index contributed by atoms with van der Waals surface area (Å²) in [7, 11) is 1.59. The van der Waals surface area contributed by atoms with E-state index in [1.807, 2.05) is 24.3 Å². The molecule has 1 aromatic heterocycles. The minimum Gasteiger partial charge on any atom is -0.383 e. The van der Waals surface area contributed by atoms with Crippen molar-refractivity contribution in [3.05, 3.63) is 48.0 Å². The van der Waals surface area contributed by atoms with E-state index >= 15 is 0 Å². The Hall–Kier alpha value is -2.90. The Morgan fingerprint density at radius 1 is 1.21 bits per heavy atom. The second-order valence-corrected chi connectivity index (χ2v) is 7.18. The van der Waals surface area contributed by atoms with Gasteiger partial charge in [0, 0.05) is 48.2 Å². The number of amides is 1. The van der Waals surface area contributed by atoms with Crippen molar-refractivity contribution in [1.82, 2.24) is 9.88 Å². The summed E-state index contributed by atoms with van der Waals surface area (Å²) in [6, 6.07) is 14.5. The lowest BCUT2D eigenvalue weighted by Gasteiger charge is -2.25. The van der Waals surface area contributed by atoms with Crippen LogP contribution in [0.4, 0.5) is 0 Å². The van der Waals surface area contributed by atoms with Crippen molar-refractivity contribution in [3.63, 3.8) is 0 Å². The number of guanidine groups is 1. The van der Waals surface area contributed by atoms with Crippen molar-refractivity contribution >= 4 is 33.7 Å². The zero-order chi connectivity index (χ0) is 20.2.